The number of hydrogen-bond acceptors (Lipinski definition) is 5. The maximum absolute atomic E-state index is 12.3. The molecular formula is C19H27N5OS. The van der Waals surface area contributed by atoms with Gasteiger partial charge in [0.2, 0.25) is 0 Å². The van der Waals surface area contributed by atoms with E-state index in [-0.39, 0.29) is 5.91 Å². The van der Waals surface area contributed by atoms with Crippen LogP contribution in [-0.2, 0) is 5.75 Å². The van der Waals surface area contributed by atoms with Gasteiger partial charge >= 0.3 is 0 Å². The maximum Gasteiger partial charge on any atom is 0.251 e. The molecular weight excluding hydrogens is 346 g/mol. The third-order valence-electron chi connectivity index (χ3n) is 4.83. The van der Waals surface area contributed by atoms with Crippen LogP contribution in [0.4, 0.5) is 0 Å². The molecule has 1 aromatic heterocycles. The zero-order valence-electron chi connectivity index (χ0n) is 15.3. The summed E-state index contributed by atoms with van der Waals surface area (Å²) in [5, 5.41) is 10.5. The van der Waals surface area contributed by atoms with E-state index in [1.54, 1.807) is 11.8 Å². The van der Waals surface area contributed by atoms with E-state index < -0.39 is 0 Å². The largest absolute Gasteiger partial charge is 0.352 e. The van der Waals surface area contributed by atoms with Crippen molar-refractivity contribution in [1.29, 1.82) is 0 Å². The van der Waals surface area contributed by atoms with Crippen LogP contribution < -0.4 is 5.32 Å². The van der Waals surface area contributed by atoms with Gasteiger partial charge in [-0.1, -0.05) is 30.3 Å². The average molecular weight is 374 g/mol. The number of hydrogen-bond donors (Lipinski definition) is 2. The van der Waals surface area contributed by atoms with Gasteiger partial charge in [-0.15, -0.1) is 0 Å². The summed E-state index contributed by atoms with van der Waals surface area (Å²) in [6, 6.07) is 8.44. The van der Waals surface area contributed by atoms with Gasteiger partial charge in [0.25, 0.3) is 5.91 Å². The van der Waals surface area contributed by atoms with Crippen LogP contribution in [0, 0.1) is 0 Å². The predicted molar refractivity (Wildman–Crippen MR) is 104 cm³/mol. The molecule has 140 valence electrons. The Kier molecular flexibility index (Phi) is 7.08. The summed E-state index contributed by atoms with van der Waals surface area (Å²) in [7, 11) is 0. The summed E-state index contributed by atoms with van der Waals surface area (Å²) in [4.78, 5) is 18.9. The molecule has 1 aromatic carbocycles. The van der Waals surface area contributed by atoms with Crippen molar-refractivity contribution in [2.24, 2.45) is 0 Å². The van der Waals surface area contributed by atoms with Crippen molar-refractivity contribution in [3.05, 3.63) is 41.7 Å². The normalized spacial score (nSPS) is 18.0. The number of rotatable bonds is 8. The minimum absolute atomic E-state index is 0.00568. The zero-order valence-corrected chi connectivity index (χ0v) is 16.1. The number of benzene rings is 1. The molecule has 1 aliphatic heterocycles. The number of piperidine rings is 1. The van der Waals surface area contributed by atoms with Gasteiger partial charge in [0, 0.05) is 30.4 Å². The van der Waals surface area contributed by atoms with Crippen LogP contribution in [-0.4, -0.2) is 51.7 Å². The lowest BCUT2D eigenvalue weighted by molar-refractivity contribution is 0.0949. The molecule has 1 saturated heterocycles. The molecule has 3 rings (SSSR count). The minimum atomic E-state index is 0.00568. The van der Waals surface area contributed by atoms with Gasteiger partial charge in [0.15, 0.2) is 5.16 Å². The average Bonchev–Trinajstić information content (AvgIpc) is 3.19. The highest BCUT2D eigenvalue weighted by Gasteiger charge is 2.17. The van der Waals surface area contributed by atoms with Crippen LogP contribution in [0.1, 0.15) is 48.5 Å². The van der Waals surface area contributed by atoms with Gasteiger partial charge in [-0.25, -0.2) is 4.98 Å². The van der Waals surface area contributed by atoms with Crippen molar-refractivity contribution < 1.29 is 4.79 Å². The highest BCUT2D eigenvalue weighted by molar-refractivity contribution is 7.98. The highest BCUT2D eigenvalue weighted by Crippen LogP contribution is 2.18. The standard InChI is InChI=1S/C19H27N5OS/c1-15-5-2-3-11-24(15)12-4-10-20-18(25)17-8-6-16(7-9-17)13-26-19-21-14-22-23-19/h6-9,14-15H,2-5,10-13H2,1H3,(H,20,25)(H,21,22,23). The number of carbonyl (C=O) groups excluding carboxylic acids is 1. The molecule has 0 radical (unpaired) electrons. The molecule has 26 heavy (non-hydrogen) atoms. The monoisotopic (exact) mass is 373 g/mol. The van der Waals surface area contributed by atoms with Crippen molar-refractivity contribution in [3.8, 4) is 0 Å². The van der Waals surface area contributed by atoms with E-state index in [1.807, 2.05) is 24.3 Å². The molecule has 2 aromatic rings. The highest BCUT2D eigenvalue weighted by atomic mass is 32.2. The van der Waals surface area contributed by atoms with Gasteiger partial charge in [0.1, 0.15) is 6.33 Å². The number of nitrogens with one attached hydrogen (secondary N) is 2. The fourth-order valence-electron chi connectivity index (χ4n) is 3.24. The number of likely N-dealkylation sites (tertiary alicyclic amines) is 1. The van der Waals surface area contributed by atoms with Crippen molar-refractivity contribution in [2.45, 2.75) is 49.6 Å². The van der Waals surface area contributed by atoms with Crippen LogP contribution in [0.2, 0.25) is 0 Å². The van der Waals surface area contributed by atoms with Crippen molar-refractivity contribution >= 4 is 17.7 Å². The lowest BCUT2D eigenvalue weighted by atomic mass is 10.0. The minimum Gasteiger partial charge on any atom is -0.352 e. The summed E-state index contributed by atoms with van der Waals surface area (Å²) in [5.74, 6) is 0.802. The third-order valence-corrected chi connectivity index (χ3v) is 5.78. The second kappa shape index (κ2) is 9.73. The van der Waals surface area contributed by atoms with Gasteiger partial charge < -0.3 is 10.2 Å². The SMILES string of the molecule is CC1CCCCN1CCCNC(=O)c1ccc(CSc2ncn[nH]2)cc1. The van der Waals surface area contributed by atoms with Crippen LogP contribution >= 0.6 is 11.8 Å². The van der Waals surface area contributed by atoms with Crippen LogP contribution in [0.15, 0.2) is 35.7 Å². The Labute approximate surface area is 159 Å². The fraction of sp³-hybridized carbons (Fsp3) is 0.526. The first-order valence-corrected chi connectivity index (χ1v) is 10.3. The Morgan fingerprint density at radius 2 is 2.19 bits per heavy atom. The van der Waals surface area contributed by atoms with E-state index in [9.17, 15) is 4.79 Å². The first kappa shape index (κ1) is 18.9. The Hall–Kier alpha value is -1.86. The quantitative estimate of drug-likeness (QED) is 0.549. The van der Waals surface area contributed by atoms with Gasteiger partial charge in [0.05, 0.1) is 0 Å². The second-order valence-electron chi connectivity index (χ2n) is 6.77. The zero-order chi connectivity index (χ0) is 18.2. The molecule has 6 nitrogen and oxygen atoms in total. The summed E-state index contributed by atoms with van der Waals surface area (Å²) in [6.45, 7) is 5.30. The lowest BCUT2D eigenvalue weighted by Crippen LogP contribution is -2.39. The molecule has 2 N–H and O–H groups in total. The third kappa shape index (κ3) is 5.57. The van der Waals surface area contributed by atoms with Crippen LogP contribution in [0.25, 0.3) is 0 Å². The number of amides is 1. The molecule has 1 amide bonds. The second-order valence-corrected chi connectivity index (χ2v) is 7.73. The van der Waals surface area contributed by atoms with Gasteiger partial charge in [-0.05, 0) is 50.4 Å². The molecule has 1 unspecified atom stereocenters. The molecule has 0 aliphatic carbocycles. The Bertz CT molecular complexity index is 674. The molecule has 1 fully saturated rings. The molecule has 0 bridgehead atoms. The van der Waals surface area contributed by atoms with E-state index in [0.29, 0.717) is 11.6 Å². The van der Waals surface area contributed by atoms with Crippen LogP contribution in [0.3, 0.4) is 0 Å². The molecule has 7 heteroatoms. The Morgan fingerprint density at radius 3 is 2.92 bits per heavy atom. The number of aromatic amines is 1. The number of carbonyl (C=O) groups is 1. The Balaban J connectivity index is 1.37. The summed E-state index contributed by atoms with van der Waals surface area (Å²) in [5.41, 5.74) is 1.87. The molecule has 0 spiro atoms. The maximum atomic E-state index is 12.3. The number of H-pyrrole nitrogens is 1. The number of thioether (sulfide) groups is 1. The first-order chi connectivity index (χ1) is 12.7. The van der Waals surface area contributed by atoms with Gasteiger partial charge in [-0.3, -0.25) is 9.89 Å². The predicted octanol–water partition coefficient (Wildman–Crippen LogP) is 3.09. The van der Waals surface area contributed by atoms with E-state index in [4.69, 9.17) is 0 Å². The Morgan fingerprint density at radius 1 is 1.35 bits per heavy atom. The van der Waals surface area contributed by atoms with E-state index in [1.165, 1.54) is 32.1 Å². The van der Waals surface area contributed by atoms with Gasteiger partial charge in [-0.2, -0.15) is 5.10 Å². The number of nitrogens with zero attached hydrogens (tertiary/aromatic N) is 3. The number of aromatic nitrogens is 3. The van der Waals surface area contributed by atoms with E-state index >= 15 is 0 Å². The van der Waals surface area contributed by atoms with E-state index in [0.717, 1.165) is 36.0 Å². The molecule has 2 heterocycles. The molecule has 0 saturated carbocycles. The summed E-state index contributed by atoms with van der Waals surface area (Å²) < 4.78 is 0. The first-order valence-electron chi connectivity index (χ1n) is 9.32. The van der Waals surface area contributed by atoms with E-state index in [2.05, 4.69) is 32.3 Å². The summed E-state index contributed by atoms with van der Waals surface area (Å²) in [6.07, 6.45) is 6.45. The van der Waals surface area contributed by atoms with Crippen molar-refractivity contribution in [3.63, 3.8) is 0 Å². The fourth-order valence-corrected chi connectivity index (χ4v) is 3.98. The molecule has 1 atom stereocenters. The summed E-state index contributed by atoms with van der Waals surface area (Å²) >= 11 is 1.59. The molecule has 1 aliphatic rings. The van der Waals surface area contributed by atoms with Crippen molar-refractivity contribution in [2.75, 3.05) is 19.6 Å². The van der Waals surface area contributed by atoms with Crippen LogP contribution in [0.5, 0.6) is 0 Å². The lowest BCUT2D eigenvalue weighted by Gasteiger charge is -2.33. The van der Waals surface area contributed by atoms with Crippen molar-refractivity contribution in [1.82, 2.24) is 25.4 Å². The topological polar surface area (TPSA) is 73.9 Å². The smallest absolute Gasteiger partial charge is 0.251 e.